The molecule has 0 aliphatic heterocycles. The zero-order valence-corrected chi connectivity index (χ0v) is 10.8. The van der Waals surface area contributed by atoms with Crippen LogP contribution in [0.15, 0.2) is 15.5 Å². The van der Waals surface area contributed by atoms with Crippen molar-refractivity contribution in [3.8, 4) is 0 Å². The van der Waals surface area contributed by atoms with Crippen LogP contribution in [-0.4, -0.2) is 23.9 Å². The highest BCUT2D eigenvalue weighted by Crippen LogP contribution is 2.28. The molecule has 98 valence electrons. The summed E-state index contributed by atoms with van der Waals surface area (Å²) in [7, 11) is 0. The molecule has 0 aromatic heterocycles. The van der Waals surface area contributed by atoms with Gasteiger partial charge in [-0.25, -0.2) is 0 Å². The van der Waals surface area contributed by atoms with Gasteiger partial charge in [-0.15, -0.1) is 11.6 Å². The molecular formula is C10H20N5OS-. The molecule has 0 heterocycles. The van der Waals surface area contributed by atoms with Crippen molar-refractivity contribution < 1.29 is 4.84 Å². The van der Waals surface area contributed by atoms with Gasteiger partial charge < -0.3 is 16.2 Å². The molecule has 0 aromatic carbocycles. The quantitative estimate of drug-likeness (QED) is 0.181. The molecule has 0 aromatic rings. The molecule has 0 bridgehead atoms. The maximum Gasteiger partial charge on any atom is 0.181 e. The summed E-state index contributed by atoms with van der Waals surface area (Å²) in [5.74, 6) is 5.89. The van der Waals surface area contributed by atoms with Gasteiger partial charge in [-0.3, -0.25) is 0 Å². The molecule has 0 saturated heterocycles. The Hall–Kier alpha value is -0.820. The maximum absolute atomic E-state index is 4.74. The van der Waals surface area contributed by atoms with Gasteiger partial charge in [0.25, 0.3) is 0 Å². The molecule has 1 fully saturated rings. The van der Waals surface area contributed by atoms with Gasteiger partial charge in [-0.2, -0.15) is 11.8 Å². The van der Waals surface area contributed by atoms with Crippen molar-refractivity contribution >= 4 is 18.2 Å². The van der Waals surface area contributed by atoms with Crippen LogP contribution in [0.4, 0.5) is 0 Å². The van der Waals surface area contributed by atoms with Gasteiger partial charge in [0.15, 0.2) is 6.40 Å². The fourth-order valence-electron chi connectivity index (χ4n) is 1.77. The first kappa shape index (κ1) is 14.2. The Kier molecular flexibility index (Phi) is 8.66. The topological polar surface area (TPSA) is 86.4 Å². The summed E-state index contributed by atoms with van der Waals surface area (Å²) < 4.78 is 0. The van der Waals surface area contributed by atoms with Crippen molar-refractivity contribution in [3.63, 3.8) is 0 Å². The Morgan fingerprint density at radius 1 is 1.35 bits per heavy atom. The van der Waals surface area contributed by atoms with Gasteiger partial charge in [0, 0.05) is 5.25 Å². The van der Waals surface area contributed by atoms with E-state index in [9.17, 15) is 0 Å². The summed E-state index contributed by atoms with van der Waals surface area (Å²) in [4.78, 5) is 4.74. The number of nitrogens with two attached hydrogens (primary N) is 1. The van der Waals surface area contributed by atoms with Crippen LogP contribution in [0.25, 0.3) is 5.48 Å². The van der Waals surface area contributed by atoms with Crippen LogP contribution >= 0.6 is 11.8 Å². The van der Waals surface area contributed by atoms with E-state index in [1.54, 1.807) is 0 Å². The van der Waals surface area contributed by atoms with E-state index in [2.05, 4.69) is 32.8 Å². The fraction of sp³-hybridized carbons (Fsp3) is 0.900. The average Bonchev–Trinajstić information content (AvgIpc) is 2.38. The SMILES string of the molecule is N/N=N/N=C/O[N-]CCCSC1CCCCC1. The molecule has 0 spiro atoms. The van der Waals surface area contributed by atoms with Gasteiger partial charge >= 0.3 is 0 Å². The van der Waals surface area contributed by atoms with E-state index >= 15 is 0 Å². The van der Waals surface area contributed by atoms with Gasteiger partial charge in [0.2, 0.25) is 0 Å². The second-order valence-electron chi connectivity index (χ2n) is 3.87. The van der Waals surface area contributed by atoms with Crippen LogP contribution in [0.5, 0.6) is 0 Å². The summed E-state index contributed by atoms with van der Waals surface area (Å²) in [5.41, 5.74) is 3.82. The lowest BCUT2D eigenvalue weighted by molar-refractivity contribution is 0.424. The van der Waals surface area contributed by atoms with Crippen LogP contribution < -0.4 is 5.84 Å². The molecule has 1 saturated carbocycles. The minimum absolute atomic E-state index is 0.686. The largest absolute Gasteiger partial charge is 0.578 e. The van der Waals surface area contributed by atoms with Crippen LogP contribution in [0.2, 0.25) is 0 Å². The minimum atomic E-state index is 0.686. The van der Waals surface area contributed by atoms with Crippen molar-refractivity contribution in [1.82, 2.24) is 0 Å². The average molecular weight is 258 g/mol. The maximum atomic E-state index is 4.74. The standard InChI is InChI=1S/C10H20N5OS/c11-14-15-12-9-16-13-7-4-8-17-10-5-2-1-3-6-10/h9-10H,1-8H2,(H2,11,15)/q-1/b12-9+. The highest BCUT2D eigenvalue weighted by atomic mass is 32.2. The van der Waals surface area contributed by atoms with E-state index in [0.717, 1.165) is 23.8 Å². The molecule has 7 heteroatoms. The molecule has 0 amide bonds. The highest BCUT2D eigenvalue weighted by Gasteiger charge is 2.12. The minimum Gasteiger partial charge on any atom is -0.578 e. The molecular weight excluding hydrogens is 238 g/mol. The summed E-state index contributed by atoms with van der Waals surface area (Å²) >= 11 is 2.07. The molecule has 0 unspecified atom stereocenters. The molecule has 0 atom stereocenters. The fourth-order valence-corrected chi connectivity index (χ4v) is 3.06. The van der Waals surface area contributed by atoms with Crippen molar-refractivity contribution in [3.05, 3.63) is 5.48 Å². The summed E-state index contributed by atoms with van der Waals surface area (Å²) in [5, 5.41) is 10.3. The van der Waals surface area contributed by atoms with E-state index in [4.69, 9.17) is 10.7 Å². The van der Waals surface area contributed by atoms with Gasteiger partial charge in [-0.05, 0) is 23.8 Å². The van der Waals surface area contributed by atoms with Crippen LogP contribution in [-0.2, 0) is 4.84 Å². The smallest absolute Gasteiger partial charge is 0.181 e. The Balaban J connectivity index is 1.83. The number of rotatable bonds is 8. The molecule has 6 nitrogen and oxygen atoms in total. The first-order valence-corrected chi connectivity index (χ1v) is 7.04. The monoisotopic (exact) mass is 258 g/mol. The molecule has 2 N–H and O–H groups in total. The lowest BCUT2D eigenvalue weighted by Crippen LogP contribution is -2.08. The Morgan fingerprint density at radius 2 is 2.18 bits per heavy atom. The first-order valence-electron chi connectivity index (χ1n) is 5.99. The van der Waals surface area contributed by atoms with E-state index in [0.29, 0.717) is 6.54 Å². The third-order valence-electron chi connectivity index (χ3n) is 2.57. The van der Waals surface area contributed by atoms with Crippen LogP contribution in [0.3, 0.4) is 0 Å². The van der Waals surface area contributed by atoms with Crippen LogP contribution in [0, 0.1) is 0 Å². The number of hydrogen-bond acceptors (Lipinski definition) is 4. The normalized spacial score (nSPS) is 18.1. The number of thioether (sulfide) groups is 1. The predicted octanol–water partition coefficient (Wildman–Crippen LogP) is 3.02. The van der Waals surface area contributed by atoms with Gasteiger partial charge in [0.1, 0.15) is 0 Å². The predicted molar refractivity (Wildman–Crippen MR) is 70.8 cm³/mol. The molecule has 1 rings (SSSR count). The third-order valence-corrected chi connectivity index (χ3v) is 4.04. The number of nitrogens with zero attached hydrogens (tertiary/aromatic N) is 4. The van der Waals surface area contributed by atoms with E-state index in [-0.39, 0.29) is 0 Å². The zero-order valence-electron chi connectivity index (χ0n) is 9.99. The summed E-state index contributed by atoms with van der Waals surface area (Å²) in [6, 6.07) is 0. The summed E-state index contributed by atoms with van der Waals surface area (Å²) in [6.07, 6.45) is 9.14. The van der Waals surface area contributed by atoms with Crippen LogP contribution in [0.1, 0.15) is 38.5 Å². The van der Waals surface area contributed by atoms with Crippen molar-refractivity contribution in [2.45, 2.75) is 43.8 Å². The second-order valence-corrected chi connectivity index (χ2v) is 5.28. The van der Waals surface area contributed by atoms with Crippen molar-refractivity contribution in [1.29, 1.82) is 0 Å². The number of hydroxylamine groups is 1. The zero-order chi connectivity index (χ0) is 12.2. The highest BCUT2D eigenvalue weighted by molar-refractivity contribution is 7.99. The lowest BCUT2D eigenvalue weighted by atomic mass is 10.0. The van der Waals surface area contributed by atoms with Gasteiger partial charge in [-0.1, -0.05) is 30.9 Å². The second kappa shape index (κ2) is 10.3. The Bertz CT molecular complexity index is 231. The third kappa shape index (κ3) is 7.98. The van der Waals surface area contributed by atoms with Gasteiger partial charge in [0.05, 0.1) is 0 Å². The van der Waals surface area contributed by atoms with E-state index < -0.39 is 0 Å². The Labute approximate surface area is 106 Å². The van der Waals surface area contributed by atoms with E-state index in [1.165, 1.54) is 32.1 Å². The molecule has 17 heavy (non-hydrogen) atoms. The first-order chi connectivity index (χ1) is 8.43. The molecule has 0 radical (unpaired) electrons. The lowest BCUT2D eigenvalue weighted by Gasteiger charge is -2.22. The van der Waals surface area contributed by atoms with Crippen molar-refractivity contribution in [2.24, 2.45) is 21.4 Å². The molecule has 1 aliphatic carbocycles. The van der Waals surface area contributed by atoms with Crippen molar-refractivity contribution in [2.75, 3.05) is 12.3 Å². The summed E-state index contributed by atoms with van der Waals surface area (Å²) in [6.45, 7) is 0.686. The Morgan fingerprint density at radius 3 is 2.94 bits per heavy atom. The van der Waals surface area contributed by atoms with E-state index in [1.807, 2.05) is 0 Å². The molecule has 1 aliphatic rings. The number of hydrogen-bond donors (Lipinski definition) is 1.